The lowest BCUT2D eigenvalue weighted by Crippen LogP contribution is -2.29. The Bertz CT molecular complexity index is 661. The van der Waals surface area contributed by atoms with Crippen LogP contribution in [0.4, 0.5) is 0 Å². The highest BCUT2D eigenvalue weighted by Crippen LogP contribution is 2.27. The molecule has 1 unspecified atom stereocenters. The molecule has 0 saturated heterocycles. The molecule has 1 atom stereocenters. The van der Waals surface area contributed by atoms with E-state index in [2.05, 4.69) is 16.5 Å². The molecule has 0 aliphatic heterocycles. The van der Waals surface area contributed by atoms with Gasteiger partial charge in [0.25, 0.3) is 0 Å². The van der Waals surface area contributed by atoms with Crippen molar-refractivity contribution in [1.82, 2.24) is 10.4 Å². The van der Waals surface area contributed by atoms with Gasteiger partial charge in [-0.2, -0.15) is 0 Å². The molecule has 0 radical (unpaired) electrons. The Morgan fingerprint density at radius 2 is 2.16 bits per heavy atom. The van der Waals surface area contributed by atoms with Crippen molar-refractivity contribution in [2.75, 3.05) is 0 Å². The van der Waals surface area contributed by atoms with Gasteiger partial charge in [-0.3, -0.25) is 5.84 Å². The number of hydrogen-bond donors (Lipinski definition) is 2. The van der Waals surface area contributed by atoms with E-state index in [0.717, 1.165) is 10.5 Å². The van der Waals surface area contributed by atoms with Crippen LogP contribution in [0.25, 0.3) is 10.2 Å². The summed E-state index contributed by atoms with van der Waals surface area (Å²) in [5, 5.41) is 1.37. The number of hydrazine groups is 1. The van der Waals surface area contributed by atoms with E-state index in [-0.39, 0.29) is 6.04 Å². The lowest BCUT2D eigenvalue weighted by molar-refractivity contribution is 0.417. The Labute approximate surface area is 119 Å². The Balaban J connectivity index is 1.86. The molecule has 0 saturated carbocycles. The zero-order chi connectivity index (χ0) is 13.2. The van der Waals surface area contributed by atoms with Crippen LogP contribution in [0.1, 0.15) is 16.8 Å². The van der Waals surface area contributed by atoms with Crippen molar-refractivity contribution in [1.29, 1.82) is 0 Å². The van der Waals surface area contributed by atoms with Crippen molar-refractivity contribution in [2.24, 2.45) is 5.84 Å². The highest BCUT2D eigenvalue weighted by atomic mass is 35.5. The molecule has 3 N–H and O–H groups in total. The molecule has 0 fully saturated rings. The number of rotatable bonds is 4. The number of benzene rings is 1. The summed E-state index contributed by atoms with van der Waals surface area (Å²) in [6.07, 6.45) is 0.666. The van der Waals surface area contributed by atoms with Crippen molar-refractivity contribution < 1.29 is 4.42 Å². The zero-order valence-electron chi connectivity index (χ0n) is 9.97. The number of fused-ring (bicyclic) bond motifs is 1. The molecule has 2 heterocycles. The molecule has 0 bridgehead atoms. The second-order valence-corrected chi connectivity index (χ2v) is 5.63. The van der Waals surface area contributed by atoms with E-state index in [1.807, 2.05) is 24.3 Å². The van der Waals surface area contributed by atoms with Crippen LogP contribution in [0.5, 0.6) is 0 Å². The van der Waals surface area contributed by atoms with E-state index in [9.17, 15) is 0 Å². The van der Waals surface area contributed by atoms with Crippen LogP contribution in [0.2, 0.25) is 5.22 Å². The van der Waals surface area contributed by atoms with E-state index >= 15 is 0 Å². The van der Waals surface area contributed by atoms with Gasteiger partial charge in [-0.1, -0.05) is 12.1 Å². The summed E-state index contributed by atoms with van der Waals surface area (Å²) in [5.74, 6) is 6.29. The molecule has 0 aliphatic rings. The summed E-state index contributed by atoms with van der Waals surface area (Å²) >= 11 is 7.44. The molecule has 19 heavy (non-hydrogen) atoms. The highest BCUT2D eigenvalue weighted by molar-refractivity contribution is 7.18. The highest BCUT2D eigenvalue weighted by Gasteiger charge is 2.17. The smallest absolute Gasteiger partial charge is 0.193 e. The Hall–Kier alpha value is -1.40. The number of thiazole rings is 1. The lowest BCUT2D eigenvalue weighted by Gasteiger charge is -2.10. The third-order valence-electron chi connectivity index (χ3n) is 2.86. The standard InChI is InChI=1S/C13H12ClN3OS/c14-12-6-5-10(18-12)9(17-15)7-13-16-8-3-1-2-4-11(8)19-13/h1-6,9,17H,7,15H2. The predicted octanol–water partition coefficient (Wildman–Crippen LogP) is 3.29. The fraction of sp³-hybridized carbons (Fsp3) is 0.154. The normalized spacial score (nSPS) is 12.9. The summed E-state index contributed by atoms with van der Waals surface area (Å²) in [4.78, 5) is 4.58. The van der Waals surface area contributed by atoms with Crippen LogP contribution in [-0.2, 0) is 6.42 Å². The second-order valence-electron chi connectivity index (χ2n) is 4.14. The maximum Gasteiger partial charge on any atom is 0.193 e. The quantitative estimate of drug-likeness (QED) is 0.572. The van der Waals surface area contributed by atoms with Gasteiger partial charge in [0, 0.05) is 6.42 Å². The summed E-state index contributed by atoms with van der Waals surface area (Å²) in [5.41, 5.74) is 3.75. The number of furan rings is 1. The molecule has 0 aliphatic carbocycles. The fourth-order valence-electron chi connectivity index (χ4n) is 1.94. The Morgan fingerprint density at radius 3 is 2.84 bits per heavy atom. The molecule has 0 spiro atoms. The van der Waals surface area contributed by atoms with Crippen LogP contribution >= 0.6 is 22.9 Å². The average molecular weight is 294 g/mol. The summed E-state index contributed by atoms with van der Waals surface area (Å²) in [6.45, 7) is 0. The third kappa shape index (κ3) is 2.64. The number of halogens is 1. The molecule has 3 aromatic rings. The average Bonchev–Trinajstić information content (AvgIpc) is 3.01. The number of nitrogens with one attached hydrogen (secondary N) is 1. The largest absolute Gasteiger partial charge is 0.448 e. The minimum atomic E-state index is -0.131. The first-order valence-electron chi connectivity index (χ1n) is 5.82. The maximum atomic E-state index is 5.78. The third-order valence-corrected chi connectivity index (χ3v) is 4.12. The second kappa shape index (κ2) is 5.30. The molecule has 0 amide bonds. The summed E-state index contributed by atoms with van der Waals surface area (Å²) < 4.78 is 6.55. The van der Waals surface area contributed by atoms with Gasteiger partial charge in [-0.15, -0.1) is 11.3 Å². The summed E-state index contributed by atoms with van der Waals surface area (Å²) in [7, 11) is 0. The minimum absolute atomic E-state index is 0.131. The number of hydrogen-bond acceptors (Lipinski definition) is 5. The minimum Gasteiger partial charge on any atom is -0.448 e. The monoisotopic (exact) mass is 293 g/mol. The van der Waals surface area contributed by atoms with Crippen LogP contribution in [0.15, 0.2) is 40.8 Å². The van der Waals surface area contributed by atoms with Crippen molar-refractivity contribution in [2.45, 2.75) is 12.5 Å². The number of nitrogens with two attached hydrogens (primary N) is 1. The van der Waals surface area contributed by atoms with Crippen molar-refractivity contribution in [3.8, 4) is 0 Å². The van der Waals surface area contributed by atoms with Gasteiger partial charge in [0.05, 0.1) is 21.3 Å². The van der Waals surface area contributed by atoms with Crippen molar-refractivity contribution >= 4 is 33.2 Å². The molecule has 4 nitrogen and oxygen atoms in total. The van der Waals surface area contributed by atoms with Gasteiger partial charge < -0.3 is 4.42 Å². The zero-order valence-corrected chi connectivity index (χ0v) is 11.5. The number of aromatic nitrogens is 1. The first kappa shape index (κ1) is 12.6. The molecular formula is C13H12ClN3OS. The van der Waals surface area contributed by atoms with Crippen LogP contribution < -0.4 is 11.3 Å². The van der Waals surface area contributed by atoms with Gasteiger partial charge >= 0.3 is 0 Å². The van der Waals surface area contributed by atoms with E-state index in [1.165, 1.54) is 4.70 Å². The van der Waals surface area contributed by atoms with Gasteiger partial charge in [-0.25, -0.2) is 10.4 Å². The van der Waals surface area contributed by atoms with Crippen molar-refractivity contribution in [3.63, 3.8) is 0 Å². The Kier molecular flexibility index (Phi) is 3.52. The van der Waals surface area contributed by atoms with E-state index < -0.39 is 0 Å². The first-order chi connectivity index (χ1) is 9.26. The molecule has 6 heteroatoms. The first-order valence-corrected chi connectivity index (χ1v) is 7.01. The molecule has 3 rings (SSSR count). The Morgan fingerprint density at radius 1 is 1.32 bits per heavy atom. The van der Waals surface area contributed by atoms with Crippen LogP contribution in [0.3, 0.4) is 0 Å². The molecule has 2 aromatic heterocycles. The van der Waals surface area contributed by atoms with Crippen LogP contribution in [0, 0.1) is 0 Å². The molecule has 98 valence electrons. The van der Waals surface area contributed by atoms with Gasteiger partial charge in [0.15, 0.2) is 5.22 Å². The molecular weight excluding hydrogens is 282 g/mol. The van der Waals surface area contributed by atoms with E-state index in [4.69, 9.17) is 21.9 Å². The van der Waals surface area contributed by atoms with Gasteiger partial charge in [0.1, 0.15) is 5.76 Å². The van der Waals surface area contributed by atoms with E-state index in [0.29, 0.717) is 17.4 Å². The predicted molar refractivity (Wildman–Crippen MR) is 77.1 cm³/mol. The van der Waals surface area contributed by atoms with E-state index in [1.54, 1.807) is 17.4 Å². The topological polar surface area (TPSA) is 64.1 Å². The fourth-order valence-corrected chi connectivity index (χ4v) is 3.10. The SMILES string of the molecule is NNC(Cc1nc2ccccc2s1)c1ccc(Cl)o1. The van der Waals surface area contributed by atoms with Gasteiger partial charge in [-0.05, 0) is 35.9 Å². The lowest BCUT2D eigenvalue weighted by atomic mass is 10.2. The number of nitrogens with zero attached hydrogens (tertiary/aromatic N) is 1. The number of para-hydroxylation sites is 1. The summed E-state index contributed by atoms with van der Waals surface area (Å²) in [6, 6.07) is 11.5. The maximum absolute atomic E-state index is 5.78. The van der Waals surface area contributed by atoms with Crippen LogP contribution in [-0.4, -0.2) is 4.98 Å². The molecule has 1 aromatic carbocycles. The van der Waals surface area contributed by atoms with Crippen molar-refractivity contribution in [3.05, 3.63) is 52.4 Å². The van der Waals surface area contributed by atoms with Gasteiger partial charge in [0.2, 0.25) is 0 Å².